The zero-order valence-electron chi connectivity index (χ0n) is 11.8. The van der Waals surface area contributed by atoms with Crippen molar-refractivity contribution in [3.63, 3.8) is 0 Å². The first-order chi connectivity index (χ1) is 10.7. The van der Waals surface area contributed by atoms with Gasteiger partial charge in [0, 0.05) is 23.9 Å². The standard InChI is InChI=1S/C17H15N3O2/c21-16-8-6-14(7-9-16)17(22)18-10-13-11-19-20(12-13)15-4-2-1-3-5-15/h1-9,11-12,21H,10H2,(H,18,22). The number of carbonyl (C=O) groups excluding carboxylic acids is 1. The molecule has 0 aliphatic rings. The summed E-state index contributed by atoms with van der Waals surface area (Å²) in [7, 11) is 0. The van der Waals surface area contributed by atoms with Gasteiger partial charge < -0.3 is 10.4 Å². The van der Waals surface area contributed by atoms with Gasteiger partial charge in [0.05, 0.1) is 11.9 Å². The minimum atomic E-state index is -0.188. The van der Waals surface area contributed by atoms with Gasteiger partial charge in [-0.05, 0) is 36.4 Å². The number of aromatic nitrogens is 2. The Morgan fingerprint density at radius 1 is 1.09 bits per heavy atom. The van der Waals surface area contributed by atoms with Crippen LogP contribution in [0, 0.1) is 0 Å². The van der Waals surface area contributed by atoms with E-state index in [2.05, 4.69) is 10.4 Å². The summed E-state index contributed by atoms with van der Waals surface area (Å²) < 4.78 is 1.77. The normalized spacial score (nSPS) is 10.4. The van der Waals surface area contributed by atoms with Crippen LogP contribution >= 0.6 is 0 Å². The quantitative estimate of drug-likeness (QED) is 0.776. The summed E-state index contributed by atoms with van der Waals surface area (Å²) in [5, 5.41) is 16.3. The van der Waals surface area contributed by atoms with Crippen LogP contribution in [0.3, 0.4) is 0 Å². The second-order valence-corrected chi connectivity index (χ2v) is 4.86. The molecule has 0 atom stereocenters. The zero-order chi connectivity index (χ0) is 15.4. The molecule has 3 rings (SSSR count). The number of rotatable bonds is 4. The van der Waals surface area contributed by atoms with Gasteiger partial charge >= 0.3 is 0 Å². The van der Waals surface area contributed by atoms with Gasteiger partial charge in [-0.15, -0.1) is 0 Å². The number of amides is 1. The van der Waals surface area contributed by atoms with Gasteiger partial charge in [0.2, 0.25) is 0 Å². The van der Waals surface area contributed by atoms with Gasteiger partial charge in [0.1, 0.15) is 5.75 Å². The van der Waals surface area contributed by atoms with E-state index in [1.54, 1.807) is 23.0 Å². The van der Waals surface area contributed by atoms with Crippen LogP contribution in [-0.2, 0) is 6.54 Å². The van der Waals surface area contributed by atoms with E-state index in [1.165, 1.54) is 12.1 Å². The molecule has 1 heterocycles. The average Bonchev–Trinajstić information content (AvgIpc) is 3.03. The van der Waals surface area contributed by atoms with Crippen molar-refractivity contribution in [1.82, 2.24) is 15.1 Å². The fraction of sp³-hybridized carbons (Fsp3) is 0.0588. The second-order valence-electron chi connectivity index (χ2n) is 4.86. The molecule has 1 aromatic heterocycles. The third kappa shape index (κ3) is 3.15. The van der Waals surface area contributed by atoms with E-state index in [0.29, 0.717) is 12.1 Å². The Hall–Kier alpha value is -3.08. The number of nitrogens with one attached hydrogen (secondary N) is 1. The number of hydrogen-bond acceptors (Lipinski definition) is 3. The lowest BCUT2D eigenvalue weighted by atomic mass is 10.2. The molecule has 2 N–H and O–H groups in total. The number of nitrogens with zero attached hydrogens (tertiary/aromatic N) is 2. The highest BCUT2D eigenvalue weighted by atomic mass is 16.3. The largest absolute Gasteiger partial charge is 0.508 e. The molecular formula is C17H15N3O2. The number of para-hydroxylation sites is 1. The predicted molar refractivity (Wildman–Crippen MR) is 82.8 cm³/mol. The molecule has 0 spiro atoms. The summed E-state index contributed by atoms with van der Waals surface area (Å²) in [5.41, 5.74) is 2.39. The lowest BCUT2D eigenvalue weighted by molar-refractivity contribution is 0.0951. The molecule has 0 saturated carbocycles. The Balaban J connectivity index is 1.64. The molecule has 22 heavy (non-hydrogen) atoms. The first kappa shape index (κ1) is 13.9. The van der Waals surface area contributed by atoms with E-state index in [1.807, 2.05) is 36.5 Å². The van der Waals surface area contributed by atoms with E-state index in [-0.39, 0.29) is 11.7 Å². The van der Waals surface area contributed by atoms with Crippen LogP contribution < -0.4 is 5.32 Å². The number of aromatic hydroxyl groups is 1. The second kappa shape index (κ2) is 6.13. The molecular weight excluding hydrogens is 278 g/mol. The van der Waals surface area contributed by atoms with Gasteiger partial charge in [-0.3, -0.25) is 4.79 Å². The van der Waals surface area contributed by atoms with Crippen LogP contribution in [0.2, 0.25) is 0 Å². The fourth-order valence-electron chi connectivity index (χ4n) is 2.07. The monoisotopic (exact) mass is 293 g/mol. The molecule has 0 unspecified atom stereocenters. The SMILES string of the molecule is O=C(NCc1cnn(-c2ccccc2)c1)c1ccc(O)cc1. The lowest BCUT2D eigenvalue weighted by Gasteiger charge is -2.03. The summed E-state index contributed by atoms with van der Waals surface area (Å²) in [4.78, 5) is 12.0. The Morgan fingerprint density at radius 3 is 2.55 bits per heavy atom. The van der Waals surface area contributed by atoms with Crippen molar-refractivity contribution >= 4 is 5.91 Å². The van der Waals surface area contributed by atoms with Gasteiger partial charge in [-0.2, -0.15) is 5.10 Å². The molecule has 0 saturated heterocycles. The van der Waals surface area contributed by atoms with Crippen LogP contribution in [0.15, 0.2) is 67.0 Å². The van der Waals surface area contributed by atoms with Crippen LogP contribution in [-0.4, -0.2) is 20.8 Å². The van der Waals surface area contributed by atoms with Crippen molar-refractivity contribution < 1.29 is 9.90 Å². The first-order valence-electron chi connectivity index (χ1n) is 6.88. The molecule has 0 fully saturated rings. The van der Waals surface area contributed by atoms with Gasteiger partial charge in [-0.25, -0.2) is 4.68 Å². The van der Waals surface area contributed by atoms with Gasteiger partial charge in [0.25, 0.3) is 5.91 Å². The summed E-state index contributed by atoms with van der Waals surface area (Å²) >= 11 is 0. The number of phenols is 1. The number of benzene rings is 2. The minimum Gasteiger partial charge on any atom is -0.508 e. The van der Waals surface area contributed by atoms with Crippen molar-refractivity contribution in [3.05, 3.63) is 78.1 Å². The highest BCUT2D eigenvalue weighted by molar-refractivity contribution is 5.94. The maximum atomic E-state index is 12.0. The average molecular weight is 293 g/mol. The van der Waals surface area contributed by atoms with Crippen molar-refractivity contribution in [2.75, 3.05) is 0 Å². The third-order valence-electron chi connectivity index (χ3n) is 3.24. The molecule has 5 nitrogen and oxygen atoms in total. The topological polar surface area (TPSA) is 67.2 Å². The Bertz CT molecular complexity index is 764. The minimum absolute atomic E-state index is 0.140. The maximum absolute atomic E-state index is 12.0. The van der Waals surface area contributed by atoms with Crippen LogP contribution in [0.1, 0.15) is 15.9 Å². The van der Waals surface area contributed by atoms with E-state index in [9.17, 15) is 9.90 Å². The molecule has 0 bridgehead atoms. The van der Waals surface area contributed by atoms with Crippen molar-refractivity contribution in [3.8, 4) is 11.4 Å². The summed E-state index contributed by atoms with van der Waals surface area (Å²) in [5.74, 6) is -0.0480. The third-order valence-corrected chi connectivity index (χ3v) is 3.24. The lowest BCUT2D eigenvalue weighted by Crippen LogP contribution is -2.22. The molecule has 0 radical (unpaired) electrons. The highest BCUT2D eigenvalue weighted by Crippen LogP contribution is 2.10. The molecule has 1 amide bonds. The van der Waals surface area contributed by atoms with Crippen molar-refractivity contribution in [2.24, 2.45) is 0 Å². The van der Waals surface area contributed by atoms with E-state index < -0.39 is 0 Å². The van der Waals surface area contributed by atoms with E-state index in [0.717, 1.165) is 11.3 Å². The molecule has 0 aliphatic carbocycles. The Kier molecular flexibility index (Phi) is 3.87. The summed E-state index contributed by atoms with van der Waals surface area (Å²) in [6, 6.07) is 15.9. The summed E-state index contributed by atoms with van der Waals surface area (Å²) in [6.45, 7) is 0.395. The van der Waals surface area contributed by atoms with Crippen molar-refractivity contribution in [2.45, 2.75) is 6.54 Å². The molecule has 3 aromatic rings. The summed E-state index contributed by atoms with van der Waals surface area (Å²) in [6.07, 6.45) is 3.61. The first-order valence-corrected chi connectivity index (χ1v) is 6.88. The zero-order valence-corrected chi connectivity index (χ0v) is 11.8. The Morgan fingerprint density at radius 2 is 1.82 bits per heavy atom. The van der Waals surface area contributed by atoms with Gasteiger partial charge in [0.15, 0.2) is 0 Å². The fourth-order valence-corrected chi connectivity index (χ4v) is 2.07. The molecule has 110 valence electrons. The molecule has 0 aliphatic heterocycles. The molecule has 2 aromatic carbocycles. The highest BCUT2D eigenvalue weighted by Gasteiger charge is 2.06. The van der Waals surface area contributed by atoms with Crippen LogP contribution in [0.5, 0.6) is 5.75 Å². The predicted octanol–water partition coefficient (Wildman–Crippen LogP) is 2.51. The number of phenolic OH excluding ortho intramolecular Hbond substituents is 1. The van der Waals surface area contributed by atoms with Crippen LogP contribution in [0.25, 0.3) is 5.69 Å². The Labute approximate surface area is 127 Å². The van der Waals surface area contributed by atoms with E-state index in [4.69, 9.17) is 0 Å². The smallest absolute Gasteiger partial charge is 0.251 e. The van der Waals surface area contributed by atoms with Crippen molar-refractivity contribution in [1.29, 1.82) is 0 Å². The maximum Gasteiger partial charge on any atom is 0.251 e. The van der Waals surface area contributed by atoms with Gasteiger partial charge in [-0.1, -0.05) is 18.2 Å². The van der Waals surface area contributed by atoms with E-state index >= 15 is 0 Å². The van der Waals surface area contributed by atoms with Crippen LogP contribution in [0.4, 0.5) is 0 Å². The molecule has 5 heteroatoms. The number of carbonyl (C=O) groups is 1. The number of hydrogen-bond donors (Lipinski definition) is 2.